The van der Waals surface area contributed by atoms with Crippen LogP contribution >= 0.6 is 0 Å². The molecule has 1 rings (SSSR count). The molecule has 72 valence electrons. The molecule has 0 radical (unpaired) electrons. The van der Waals surface area contributed by atoms with Crippen molar-refractivity contribution in [3.63, 3.8) is 0 Å². The van der Waals surface area contributed by atoms with Crippen LogP contribution < -0.4 is 5.32 Å². The molecule has 0 aromatic rings. The quantitative estimate of drug-likeness (QED) is 0.681. The average molecular weight is 171 g/mol. The third kappa shape index (κ3) is 2.46. The van der Waals surface area contributed by atoms with Crippen molar-refractivity contribution in [3.05, 3.63) is 0 Å². The van der Waals surface area contributed by atoms with Crippen LogP contribution in [0.1, 0.15) is 32.6 Å². The Kier molecular flexibility index (Phi) is 4.02. The molecule has 0 unspecified atom stereocenters. The van der Waals surface area contributed by atoms with Gasteiger partial charge in [-0.05, 0) is 26.8 Å². The van der Waals surface area contributed by atoms with Crippen LogP contribution in [0, 0.1) is 5.41 Å². The fourth-order valence-electron chi connectivity index (χ4n) is 2.19. The SMILES string of the molecule is CCOCC1(CNC)CCCC1. The zero-order valence-electron chi connectivity index (χ0n) is 8.36. The lowest BCUT2D eigenvalue weighted by Gasteiger charge is -2.28. The fraction of sp³-hybridized carbons (Fsp3) is 1.00. The van der Waals surface area contributed by atoms with E-state index in [4.69, 9.17) is 4.74 Å². The number of hydrogen-bond acceptors (Lipinski definition) is 2. The normalized spacial score (nSPS) is 21.5. The molecule has 12 heavy (non-hydrogen) atoms. The molecule has 0 spiro atoms. The smallest absolute Gasteiger partial charge is 0.0534 e. The van der Waals surface area contributed by atoms with Crippen LogP contribution in [0.5, 0.6) is 0 Å². The van der Waals surface area contributed by atoms with Crippen LogP contribution in [-0.2, 0) is 4.74 Å². The van der Waals surface area contributed by atoms with Crippen LogP contribution in [0.4, 0.5) is 0 Å². The zero-order chi connectivity index (χ0) is 8.86. The molecule has 0 aliphatic heterocycles. The van der Waals surface area contributed by atoms with Gasteiger partial charge >= 0.3 is 0 Å². The van der Waals surface area contributed by atoms with Gasteiger partial charge in [-0.25, -0.2) is 0 Å². The van der Waals surface area contributed by atoms with Crippen LogP contribution in [0.3, 0.4) is 0 Å². The first kappa shape index (κ1) is 10.0. The summed E-state index contributed by atoms with van der Waals surface area (Å²) in [6, 6.07) is 0. The van der Waals surface area contributed by atoms with Crippen LogP contribution in [0.25, 0.3) is 0 Å². The Morgan fingerprint density at radius 3 is 2.50 bits per heavy atom. The highest BCUT2D eigenvalue weighted by molar-refractivity contribution is 4.86. The van der Waals surface area contributed by atoms with Gasteiger partial charge < -0.3 is 10.1 Å². The summed E-state index contributed by atoms with van der Waals surface area (Å²) in [5.41, 5.74) is 0.463. The first-order valence-electron chi connectivity index (χ1n) is 5.05. The second kappa shape index (κ2) is 4.83. The average Bonchev–Trinajstić information content (AvgIpc) is 2.51. The summed E-state index contributed by atoms with van der Waals surface area (Å²) in [7, 11) is 2.03. The molecule has 1 N–H and O–H groups in total. The van der Waals surface area contributed by atoms with Gasteiger partial charge in [-0.15, -0.1) is 0 Å². The molecule has 0 atom stereocenters. The number of rotatable bonds is 5. The molecular weight excluding hydrogens is 150 g/mol. The van der Waals surface area contributed by atoms with Gasteiger partial charge in [0, 0.05) is 18.6 Å². The maximum absolute atomic E-state index is 5.53. The van der Waals surface area contributed by atoms with Gasteiger partial charge in [-0.2, -0.15) is 0 Å². The number of nitrogens with one attached hydrogen (secondary N) is 1. The molecule has 0 aromatic carbocycles. The molecular formula is C10H21NO. The minimum absolute atomic E-state index is 0.463. The molecule has 0 amide bonds. The molecule has 1 aliphatic carbocycles. The first-order chi connectivity index (χ1) is 5.83. The van der Waals surface area contributed by atoms with E-state index in [1.807, 2.05) is 7.05 Å². The third-order valence-corrected chi connectivity index (χ3v) is 2.83. The van der Waals surface area contributed by atoms with E-state index >= 15 is 0 Å². The summed E-state index contributed by atoms with van der Waals surface area (Å²) >= 11 is 0. The van der Waals surface area contributed by atoms with Gasteiger partial charge in [-0.1, -0.05) is 12.8 Å². The van der Waals surface area contributed by atoms with Crippen LogP contribution in [-0.4, -0.2) is 26.8 Å². The second-order valence-electron chi connectivity index (χ2n) is 3.87. The predicted molar refractivity (Wildman–Crippen MR) is 51.3 cm³/mol. The Balaban J connectivity index is 2.35. The zero-order valence-corrected chi connectivity index (χ0v) is 8.36. The van der Waals surface area contributed by atoms with Crippen molar-refractivity contribution in [1.29, 1.82) is 0 Å². The summed E-state index contributed by atoms with van der Waals surface area (Å²) in [6.07, 6.45) is 5.45. The summed E-state index contributed by atoms with van der Waals surface area (Å²) < 4.78 is 5.53. The molecule has 1 fully saturated rings. The van der Waals surface area contributed by atoms with E-state index in [-0.39, 0.29) is 0 Å². The summed E-state index contributed by atoms with van der Waals surface area (Å²) in [5.74, 6) is 0. The first-order valence-corrected chi connectivity index (χ1v) is 5.05. The van der Waals surface area contributed by atoms with Gasteiger partial charge in [0.05, 0.1) is 6.61 Å². The monoisotopic (exact) mass is 171 g/mol. The van der Waals surface area contributed by atoms with Crippen molar-refractivity contribution in [2.75, 3.05) is 26.8 Å². The van der Waals surface area contributed by atoms with Crippen molar-refractivity contribution in [2.45, 2.75) is 32.6 Å². The lowest BCUT2D eigenvalue weighted by Crippen LogP contribution is -2.34. The van der Waals surface area contributed by atoms with Gasteiger partial charge in [0.15, 0.2) is 0 Å². The molecule has 0 bridgehead atoms. The highest BCUT2D eigenvalue weighted by Crippen LogP contribution is 2.37. The topological polar surface area (TPSA) is 21.3 Å². The van der Waals surface area contributed by atoms with E-state index < -0.39 is 0 Å². The molecule has 2 nitrogen and oxygen atoms in total. The number of hydrogen-bond donors (Lipinski definition) is 1. The Bertz CT molecular complexity index is 119. The molecule has 2 heteroatoms. The minimum Gasteiger partial charge on any atom is -0.381 e. The van der Waals surface area contributed by atoms with E-state index in [1.165, 1.54) is 25.7 Å². The van der Waals surface area contributed by atoms with E-state index in [2.05, 4.69) is 12.2 Å². The van der Waals surface area contributed by atoms with Crippen LogP contribution in [0.15, 0.2) is 0 Å². The largest absolute Gasteiger partial charge is 0.381 e. The maximum Gasteiger partial charge on any atom is 0.0534 e. The van der Waals surface area contributed by atoms with E-state index in [9.17, 15) is 0 Å². The Hall–Kier alpha value is -0.0800. The summed E-state index contributed by atoms with van der Waals surface area (Å²) in [5, 5.41) is 3.28. The molecule has 0 heterocycles. The van der Waals surface area contributed by atoms with Crippen molar-refractivity contribution >= 4 is 0 Å². The molecule has 1 aliphatic rings. The number of ether oxygens (including phenoxy) is 1. The van der Waals surface area contributed by atoms with Gasteiger partial charge in [0.25, 0.3) is 0 Å². The van der Waals surface area contributed by atoms with Crippen molar-refractivity contribution < 1.29 is 4.74 Å². The predicted octanol–water partition coefficient (Wildman–Crippen LogP) is 1.80. The van der Waals surface area contributed by atoms with Gasteiger partial charge in [0.2, 0.25) is 0 Å². The summed E-state index contributed by atoms with van der Waals surface area (Å²) in [6.45, 7) is 4.99. The molecule has 0 aromatic heterocycles. The Labute approximate surface area is 75.7 Å². The van der Waals surface area contributed by atoms with Crippen LogP contribution in [0.2, 0.25) is 0 Å². The maximum atomic E-state index is 5.53. The Morgan fingerprint density at radius 1 is 1.33 bits per heavy atom. The standard InChI is InChI=1S/C10H21NO/c1-3-12-9-10(8-11-2)6-4-5-7-10/h11H,3-9H2,1-2H3. The Morgan fingerprint density at radius 2 is 2.00 bits per heavy atom. The lowest BCUT2D eigenvalue weighted by molar-refractivity contribution is 0.0547. The summed E-state index contributed by atoms with van der Waals surface area (Å²) in [4.78, 5) is 0. The van der Waals surface area contributed by atoms with E-state index in [0.29, 0.717) is 5.41 Å². The third-order valence-electron chi connectivity index (χ3n) is 2.83. The fourth-order valence-corrected chi connectivity index (χ4v) is 2.19. The molecule has 0 saturated heterocycles. The van der Waals surface area contributed by atoms with E-state index in [1.54, 1.807) is 0 Å². The van der Waals surface area contributed by atoms with Gasteiger partial charge in [-0.3, -0.25) is 0 Å². The minimum atomic E-state index is 0.463. The lowest BCUT2D eigenvalue weighted by atomic mass is 9.87. The van der Waals surface area contributed by atoms with E-state index in [0.717, 1.165) is 19.8 Å². The highest BCUT2D eigenvalue weighted by atomic mass is 16.5. The molecule has 1 saturated carbocycles. The van der Waals surface area contributed by atoms with Crippen molar-refractivity contribution in [3.8, 4) is 0 Å². The second-order valence-corrected chi connectivity index (χ2v) is 3.87. The van der Waals surface area contributed by atoms with Crippen molar-refractivity contribution in [1.82, 2.24) is 5.32 Å². The van der Waals surface area contributed by atoms with Crippen molar-refractivity contribution in [2.24, 2.45) is 5.41 Å². The highest BCUT2D eigenvalue weighted by Gasteiger charge is 2.33. The van der Waals surface area contributed by atoms with Gasteiger partial charge in [0.1, 0.15) is 0 Å².